The van der Waals surface area contributed by atoms with Crippen LogP contribution in [0.2, 0.25) is 0 Å². The third-order valence-electron chi connectivity index (χ3n) is 4.39. The summed E-state index contributed by atoms with van der Waals surface area (Å²) in [6, 6.07) is 24.5. The van der Waals surface area contributed by atoms with Gasteiger partial charge in [-0.25, -0.2) is 0 Å². The van der Waals surface area contributed by atoms with Crippen LogP contribution in [-0.4, -0.2) is 37.7 Å². The molecule has 1 atom stereocenters. The van der Waals surface area contributed by atoms with Gasteiger partial charge >= 0.3 is 188 Å². The second kappa shape index (κ2) is 11.1. The van der Waals surface area contributed by atoms with Gasteiger partial charge in [0, 0.05) is 0 Å². The summed E-state index contributed by atoms with van der Waals surface area (Å²) in [6.07, 6.45) is -0.0588. The number of aliphatic imine (C=N–C) groups is 1. The fraction of sp³-hybridized carbons (Fsp3) is 0.130. The first kappa shape index (κ1) is 22.2. The number of carbonyl (C=O) groups is 1. The Labute approximate surface area is 188 Å². The van der Waals surface area contributed by atoms with E-state index in [0.717, 1.165) is 11.1 Å². The van der Waals surface area contributed by atoms with Crippen molar-refractivity contribution < 1.29 is 14.5 Å². The molecule has 7 nitrogen and oxygen atoms in total. The first-order valence-electron chi connectivity index (χ1n) is 9.52. The van der Waals surface area contributed by atoms with E-state index in [-0.39, 0.29) is 12.3 Å². The van der Waals surface area contributed by atoms with Crippen LogP contribution >= 0.6 is 0 Å². The predicted molar refractivity (Wildman–Crippen MR) is 120 cm³/mol. The summed E-state index contributed by atoms with van der Waals surface area (Å²) in [6.45, 7) is 0.160. The van der Waals surface area contributed by atoms with Gasteiger partial charge in [0.2, 0.25) is 0 Å². The van der Waals surface area contributed by atoms with Crippen LogP contribution < -0.4 is 5.32 Å². The molecule has 0 spiro atoms. The molecule has 0 fully saturated rings. The fourth-order valence-corrected chi connectivity index (χ4v) is 3.33. The topological polar surface area (TPSA) is 93.8 Å². The van der Waals surface area contributed by atoms with Crippen LogP contribution in [0.15, 0.2) is 89.9 Å². The summed E-state index contributed by atoms with van der Waals surface area (Å²) in [5.41, 5.74) is 2.43. The Morgan fingerprint density at radius 2 is 1.55 bits per heavy atom. The second-order valence-electron chi connectivity index (χ2n) is 6.67. The van der Waals surface area contributed by atoms with Crippen LogP contribution in [0.5, 0.6) is 0 Å². The summed E-state index contributed by atoms with van der Waals surface area (Å²) in [5, 5.41) is 13.7. The third-order valence-corrected chi connectivity index (χ3v) is 5.17. The first-order valence-corrected chi connectivity index (χ1v) is 10.4. The van der Waals surface area contributed by atoms with Gasteiger partial charge in [0.15, 0.2) is 0 Å². The van der Waals surface area contributed by atoms with Crippen molar-refractivity contribution in [1.29, 1.82) is 0 Å². The zero-order valence-corrected chi connectivity index (χ0v) is 18.2. The van der Waals surface area contributed by atoms with E-state index in [1.807, 2.05) is 60.7 Å². The number of ether oxygens (including phenoxy) is 1. The third kappa shape index (κ3) is 7.06. The minimum absolute atomic E-state index is 0.0102. The maximum absolute atomic E-state index is 12.4. The molecule has 0 aromatic heterocycles. The van der Waals surface area contributed by atoms with E-state index in [4.69, 9.17) is 4.74 Å². The van der Waals surface area contributed by atoms with Crippen molar-refractivity contribution in [3.05, 3.63) is 106 Å². The molecule has 1 radical (unpaired) electrons. The Bertz CT molecular complexity index is 1040. The van der Waals surface area contributed by atoms with Crippen molar-refractivity contribution in [1.82, 2.24) is 5.32 Å². The van der Waals surface area contributed by atoms with Crippen LogP contribution in [0.25, 0.3) is 0 Å². The first-order chi connectivity index (χ1) is 15.0. The summed E-state index contributed by atoms with van der Waals surface area (Å²) in [5.74, 6) is 0. The average Bonchev–Trinajstić information content (AvgIpc) is 2.79. The second-order valence-corrected chi connectivity index (χ2v) is 7.55. The van der Waals surface area contributed by atoms with E-state index in [0.29, 0.717) is 16.7 Å². The van der Waals surface area contributed by atoms with Crippen LogP contribution in [0.4, 0.5) is 16.2 Å². The van der Waals surface area contributed by atoms with Gasteiger partial charge in [0.25, 0.3) is 0 Å². The number of hydrogen-bond acceptors (Lipinski definition) is 5. The number of non-ortho nitro benzene ring substituents is 1. The molecular formula is C23H20N3O4Se. The Morgan fingerprint density at radius 1 is 0.968 bits per heavy atom. The molecule has 0 saturated heterocycles. The Kier molecular flexibility index (Phi) is 7.92. The number of benzene rings is 3. The van der Waals surface area contributed by atoms with Gasteiger partial charge in [-0.15, -0.1) is 0 Å². The number of alkyl carbamates (subject to hydrolysis) is 1. The summed E-state index contributed by atoms with van der Waals surface area (Å²) >= 11 is 2.91. The zero-order valence-electron chi connectivity index (χ0n) is 16.5. The number of rotatable bonds is 8. The SMILES string of the molecule is O=C(N[C@@H](Cc1ccccc1)C([Se])=Nc1ccc([N+](=O)[O-])cc1)OCc1ccccc1. The van der Waals surface area contributed by atoms with Gasteiger partial charge < -0.3 is 0 Å². The zero-order chi connectivity index (χ0) is 22.1. The summed E-state index contributed by atoms with van der Waals surface area (Å²) in [4.78, 5) is 27.3. The molecule has 0 aliphatic carbocycles. The minimum atomic E-state index is -0.559. The van der Waals surface area contributed by atoms with E-state index in [1.165, 1.54) is 12.1 Å². The molecule has 1 N–H and O–H groups in total. The molecule has 0 aliphatic heterocycles. The van der Waals surface area contributed by atoms with Crippen molar-refractivity contribution in [3.63, 3.8) is 0 Å². The molecule has 0 saturated carbocycles. The standard InChI is InChI=1S/C23H20N3O4Se/c27-23(30-16-18-9-5-2-6-10-18)25-21(15-17-7-3-1-4-8-17)22(31)24-19-11-13-20(14-12-19)26(28)29/h1-14,21H,15-16H2,(H,25,27)/t21-/m0/s1. The van der Waals surface area contributed by atoms with Gasteiger partial charge in [0.1, 0.15) is 0 Å². The van der Waals surface area contributed by atoms with E-state index in [1.54, 1.807) is 12.1 Å². The Balaban J connectivity index is 1.73. The number of hydrogen-bond donors (Lipinski definition) is 1. The van der Waals surface area contributed by atoms with Crippen molar-refractivity contribution in [2.24, 2.45) is 4.99 Å². The summed E-state index contributed by atoms with van der Waals surface area (Å²) < 4.78 is 5.88. The molecule has 0 unspecified atom stereocenters. The monoisotopic (exact) mass is 482 g/mol. The molecule has 3 aromatic carbocycles. The number of amides is 1. The van der Waals surface area contributed by atoms with Gasteiger partial charge in [-0.2, -0.15) is 0 Å². The summed E-state index contributed by atoms with van der Waals surface area (Å²) in [7, 11) is 0. The molecule has 0 bridgehead atoms. The van der Waals surface area contributed by atoms with E-state index in [9.17, 15) is 14.9 Å². The van der Waals surface area contributed by atoms with Gasteiger partial charge in [-0.1, -0.05) is 0 Å². The normalized spacial score (nSPS) is 12.1. The molecule has 0 aliphatic rings. The van der Waals surface area contributed by atoms with Gasteiger partial charge in [0.05, 0.1) is 0 Å². The Morgan fingerprint density at radius 3 is 2.13 bits per heavy atom. The number of nitro groups is 1. The van der Waals surface area contributed by atoms with E-state index in [2.05, 4.69) is 26.3 Å². The number of nitro benzene ring substituents is 1. The molecule has 3 rings (SSSR count). The number of nitrogens with one attached hydrogen (secondary N) is 1. The van der Waals surface area contributed by atoms with E-state index >= 15 is 0 Å². The molecule has 1 amide bonds. The molecule has 0 heterocycles. The quantitative estimate of drug-likeness (QED) is 0.224. The average molecular weight is 481 g/mol. The predicted octanol–water partition coefficient (Wildman–Crippen LogP) is 4.33. The van der Waals surface area contributed by atoms with Crippen molar-refractivity contribution in [3.8, 4) is 0 Å². The fourth-order valence-electron chi connectivity index (χ4n) is 2.81. The van der Waals surface area contributed by atoms with Crippen LogP contribution in [-0.2, 0) is 17.8 Å². The molecule has 3 aromatic rings. The molecule has 157 valence electrons. The van der Waals surface area contributed by atoms with Crippen molar-refractivity contribution in [2.45, 2.75) is 19.1 Å². The number of carbonyl (C=O) groups excluding carboxylic acids is 1. The number of nitrogens with zero attached hydrogens (tertiary/aromatic N) is 2. The molecular weight excluding hydrogens is 461 g/mol. The van der Waals surface area contributed by atoms with Crippen LogP contribution in [0.1, 0.15) is 11.1 Å². The van der Waals surface area contributed by atoms with Crippen molar-refractivity contribution in [2.75, 3.05) is 0 Å². The maximum atomic E-state index is 12.4. The van der Waals surface area contributed by atoms with Gasteiger partial charge in [-0.05, 0) is 0 Å². The van der Waals surface area contributed by atoms with Gasteiger partial charge in [-0.3, -0.25) is 0 Å². The van der Waals surface area contributed by atoms with Crippen LogP contribution in [0.3, 0.4) is 0 Å². The molecule has 31 heavy (non-hydrogen) atoms. The van der Waals surface area contributed by atoms with E-state index < -0.39 is 17.1 Å². The van der Waals surface area contributed by atoms with Crippen molar-refractivity contribution >= 4 is 38.1 Å². The van der Waals surface area contributed by atoms with Crippen LogP contribution in [0, 0.1) is 10.1 Å². The molecule has 8 heteroatoms. The Hall–Kier alpha value is -3.48.